The monoisotopic (exact) mass is 206 g/mol. The van der Waals surface area contributed by atoms with Crippen LogP contribution < -0.4 is 0 Å². The molecule has 0 aliphatic heterocycles. The number of aromatic nitrogens is 2. The van der Waals surface area contributed by atoms with Gasteiger partial charge in [-0.3, -0.25) is 4.79 Å². The normalized spacial score (nSPS) is 10.2. The summed E-state index contributed by atoms with van der Waals surface area (Å²) < 4.78 is 0. The maximum atomic E-state index is 11.6. The van der Waals surface area contributed by atoms with E-state index in [4.69, 9.17) is 0 Å². The number of hydrogen-bond acceptors (Lipinski definition) is 3. The lowest BCUT2D eigenvalue weighted by atomic mass is 10.1. The van der Waals surface area contributed by atoms with E-state index < -0.39 is 0 Å². The fraction of sp³-hybridized carbons (Fsp3) is 0.583. The molecule has 0 radical (unpaired) electrons. The Morgan fingerprint density at radius 3 is 2.47 bits per heavy atom. The summed E-state index contributed by atoms with van der Waals surface area (Å²) in [7, 11) is 0. The average molecular weight is 206 g/mol. The van der Waals surface area contributed by atoms with Crippen molar-refractivity contribution in [2.75, 3.05) is 0 Å². The van der Waals surface area contributed by atoms with Crippen LogP contribution in [0.25, 0.3) is 0 Å². The molecule has 1 aromatic heterocycles. The number of carbonyl (C=O) groups is 1. The lowest BCUT2D eigenvalue weighted by Gasteiger charge is -1.99. The Morgan fingerprint density at radius 2 is 1.80 bits per heavy atom. The molecule has 0 aliphatic carbocycles. The molecule has 3 heteroatoms. The fourth-order valence-corrected chi connectivity index (χ4v) is 1.44. The minimum Gasteiger partial charge on any atom is -0.291 e. The molecule has 1 rings (SSSR count). The Kier molecular flexibility index (Phi) is 5.59. The summed E-state index contributed by atoms with van der Waals surface area (Å²) in [5.74, 6) is 0.417. The molecule has 0 saturated carbocycles. The molecule has 0 aliphatic rings. The zero-order chi connectivity index (χ0) is 10.9. The lowest BCUT2D eigenvalue weighted by molar-refractivity contribution is 0.0969. The van der Waals surface area contributed by atoms with Crippen molar-refractivity contribution in [3.05, 3.63) is 24.3 Å². The predicted molar refractivity (Wildman–Crippen MR) is 59.7 cm³/mol. The highest BCUT2D eigenvalue weighted by molar-refractivity contribution is 5.92. The van der Waals surface area contributed by atoms with Crippen LogP contribution in [0.5, 0.6) is 0 Å². The maximum absolute atomic E-state index is 11.6. The molecule has 15 heavy (non-hydrogen) atoms. The summed E-state index contributed by atoms with van der Waals surface area (Å²) in [6.07, 6.45) is 9.59. The zero-order valence-electron chi connectivity index (χ0n) is 9.28. The smallest absolute Gasteiger partial charge is 0.200 e. The minimum atomic E-state index is 0.0621. The number of carbonyl (C=O) groups excluding carboxylic acids is 1. The molecule has 3 nitrogen and oxygen atoms in total. The summed E-state index contributed by atoms with van der Waals surface area (Å²) in [5, 5.41) is 0. The molecule has 0 aromatic carbocycles. The third kappa shape index (κ3) is 4.68. The van der Waals surface area contributed by atoms with E-state index in [1.807, 2.05) is 0 Å². The topological polar surface area (TPSA) is 42.9 Å². The van der Waals surface area contributed by atoms with Crippen molar-refractivity contribution in [2.45, 2.75) is 45.4 Å². The first-order chi connectivity index (χ1) is 7.34. The van der Waals surface area contributed by atoms with Crippen LogP contribution in [0.4, 0.5) is 0 Å². The maximum Gasteiger partial charge on any atom is 0.200 e. The van der Waals surface area contributed by atoms with Crippen LogP contribution in [0.2, 0.25) is 0 Å². The number of ketones is 1. The largest absolute Gasteiger partial charge is 0.291 e. The molecular weight excluding hydrogens is 188 g/mol. The first-order valence-corrected chi connectivity index (χ1v) is 5.65. The van der Waals surface area contributed by atoms with Gasteiger partial charge in [0.25, 0.3) is 0 Å². The summed E-state index contributed by atoms with van der Waals surface area (Å²) in [6, 6.07) is 1.72. The van der Waals surface area contributed by atoms with Crippen LogP contribution in [-0.4, -0.2) is 15.8 Å². The van der Waals surface area contributed by atoms with Gasteiger partial charge in [0.2, 0.25) is 0 Å². The Morgan fingerprint density at radius 1 is 1.13 bits per heavy atom. The predicted octanol–water partition coefficient (Wildman–Crippen LogP) is 3.02. The van der Waals surface area contributed by atoms with Crippen LogP contribution in [-0.2, 0) is 0 Å². The number of nitrogens with zero attached hydrogens (tertiary/aromatic N) is 2. The Balaban J connectivity index is 2.20. The van der Waals surface area contributed by atoms with Gasteiger partial charge in [0.05, 0.1) is 0 Å². The molecule has 0 N–H and O–H groups in total. The van der Waals surface area contributed by atoms with Gasteiger partial charge in [0.15, 0.2) is 11.6 Å². The van der Waals surface area contributed by atoms with Crippen molar-refractivity contribution in [1.82, 2.24) is 9.97 Å². The van der Waals surface area contributed by atoms with Gasteiger partial charge in [0.1, 0.15) is 0 Å². The number of hydrogen-bond donors (Lipinski definition) is 0. The standard InChI is InChI=1S/C12H18N2O/c1-2-3-4-5-6-8-11(15)12-13-9-7-10-14-12/h7,9-10H,2-6,8H2,1H3. The minimum absolute atomic E-state index is 0.0621. The highest BCUT2D eigenvalue weighted by Gasteiger charge is 2.06. The molecule has 0 spiro atoms. The van der Waals surface area contributed by atoms with Crippen LogP contribution in [0, 0.1) is 0 Å². The number of unbranched alkanes of at least 4 members (excludes halogenated alkanes) is 4. The summed E-state index contributed by atoms with van der Waals surface area (Å²) in [5.41, 5.74) is 0. The molecule has 0 bridgehead atoms. The van der Waals surface area contributed by atoms with Gasteiger partial charge >= 0.3 is 0 Å². The molecule has 0 fully saturated rings. The highest BCUT2D eigenvalue weighted by Crippen LogP contribution is 2.07. The van der Waals surface area contributed by atoms with Gasteiger partial charge in [-0.2, -0.15) is 0 Å². The Hall–Kier alpha value is -1.25. The average Bonchev–Trinajstić information content (AvgIpc) is 2.30. The van der Waals surface area contributed by atoms with E-state index in [9.17, 15) is 4.79 Å². The van der Waals surface area contributed by atoms with Gasteiger partial charge in [0, 0.05) is 18.8 Å². The molecule has 82 valence electrons. The van der Waals surface area contributed by atoms with Gasteiger partial charge in [-0.1, -0.05) is 32.6 Å². The van der Waals surface area contributed by atoms with Gasteiger partial charge in [-0.05, 0) is 12.5 Å². The second kappa shape index (κ2) is 7.10. The van der Waals surface area contributed by atoms with Crippen LogP contribution >= 0.6 is 0 Å². The first kappa shape index (κ1) is 11.8. The van der Waals surface area contributed by atoms with Crippen molar-refractivity contribution in [3.8, 4) is 0 Å². The fourth-order valence-electron chi connectivity index (χ4n) is 1.44. The van der Waals surface area contributed by atoms with Crippen molar-refractivity contribution < 1.29 is 4.79 Å². The number of Topliss-reactive ketones (excluding diaryl/α,β-unsaturated/α-hetero) is 1. The second-order valence-corrected chi connectivity index (χ2v) is 3.66. The summed E-state index contributed by atoms with van der Waals surface area (Å²) in [6.45, 7) is 2.18. The van der Waals surface area contributed by atoms with Crippen molar-refractivity contribution in [3.63, 3.8) is 0 Å². The molecule has 0 atom stereocenters. The molecule has 0 saturated heterocycles. The highest BCUT2D eigenvalue weighted by atomic mass is 16.1. The van der Waals surface area contributed by atoms with Crippen molar-refractivity contribution >= 4 is 5.78 Å². The Labute approximate surface area is 91.0 Å². The zero-order valence-corrected chi connectivity index (χ0v) is 9.28. The van der Waals surface area contributed by atoms with E-state index in [0.717, 1.165) is 12.8 Å². The van der Waals surface area contributed by atoms with Crippen LogP contribution in [0.3, 0.4) is 0 Å². The quantitative estimate of drug-likeness (QED) is 0.508. The van der Waals surface area contributed by atoms with E-state index in [1.54, 1.807) is 18.5 Å². The molecule has 0 amide bonds. The van der Waals surface area contributed by atoms with E-state index >= 15 is 0 Å². The van der Waals surface area contributed by atoms with Gasteiger partial charge < -0.3 is 0 Å². The van der Waals surface area contributed by atoms with Crippen LogP contribution in [0.1, 0.15) is 56.1 Å². The summed E-state index contributed by atoms with van der Waals surface area (Å²) in [4.78, 5) is 19.4. The first-order valence-electron chi connectivity index (χ1n) is 5.65. The van der Waals surface area contributed by atoms with E-state index in [0.29, 0.717) is 12.2 Å². The Bertz CT molecular complexity index is 285. The van der Waals surface area contributed by atoms with E-state index in [-0.39, 0.29) is 5.78 Å². The molecule has 1 aromatic rings. The van der Waals surface area contributed by atoms with E-state index in [2.05, 4.69) is 16.9 Å². The van der Waals surface area contributed by atoms with E-state index in [1.165, 1.54) is 19.3 Å². The third-order valence-corrected chi connectivity index (χ3v) is 2.32. The number of rotatable bonds is 7. The summed E-state index contributed by atoms with van der Waals surface area (Å²) >= 11 is 0. The third-order valence-electron chi connectivity index (χ3n) is 2.32. The molecule has 1 heterocycles. The molecule has 0 unspecified atom stereocenters. The van der Waals surface area contributed by atoms with Crippen molar-refractivity contribution in [2.24, 2.45) is 0 Å². The second-order valence-electron chi connectivity index (χ2n) is 3.66. The van der Waals surface area contributed by atoms with Gasteiger partial charge in [-0.25, -0.2) is 9.97 Å². The van der Waals surface area contributed by atoms with Crippen LogP contribution in [0.15, 0.2) is 18.5 Å². The van der Waals surface area contributed by atoms with Crippen molar-refractivity contribution in [1.29, 1.82) is 0 Å². The molecular formula is C12H18N2O. The lowest BCUT2D eigenvalue weighted by Crippen LogP contribution is -2.04. The van der Waals surface area contributed by atoms with Gasteiger partial charge in [-0.15, -0.1) is 0 Å². The SMILES string of the molecule is CCCCCCCC(=O)c1ncccn1.